The van der Waals surface area contributed by atoms with Gasteiger partial charge in [0.1, 0.15) is 11.9 Å². The number of carbonyl (C=O) groups excluding carboxylic acids is 2. The second-order valence-corrected chi connectivity index (χ2v) is 6.91. The van der Waals surface area contributed by atoms with Crippen LogP contribution in [0.1, 0.15) is 24.8 Å². The maximum absolute atomic E-state index is 12.5. The van der Waals surface area contributed by atoms with Gasteiger partial charge in [0.05, 0.1) is 24.8 Å². The Morgan fingerprint density at radius 3 is 2.31 bits per heavy atom. The number of halogens is 6. The van der Waals surface area contributed by atoms with Crippen molar-refractivity contribution in [2.45, 2.75) is 43.9 Å². The molecule has 2 N–H and O–H groups in total. The van der Waals surface area contributed by atoms with Crippen LogP contribution >= 0.6 is 0 Å². The van der Waals surface area contributed by atoms with E-state index in [1.807, 2.05) is 0 Å². The van der Waals surface area contributed by atoms with E-state index >= 15 is 0 Å². The fourth-order valence-electron chi connectivity index (χ4n) is 2.82. The van der Waals surface area contributed by atoms with E-state index < -0.39 is 49.2 Å². The maximum Gasteiger partial charge on any atom is 0.522 e. The minimum absolute atomic E-state index is 0.00374. The fourth-order valence-corrected chi connectivity index (χ4v) is 2.82. The summed E-state index contributed by atoms with van der Waals surface area (Å²) in [6.07, 6.45) is -9.27. The Labute approximate surface area is 179 Å². The van der Waals surface area contributed by atoms with Crippen LogP contribution in [-0.2, 0) is 25.2 Å². The van der Waals surface area contributed by atoms with Crippen LogP contribution in [0.4, 0.5) is 26.3 Å². The second kappa shape index (κ2) is 11.4. The second-order valence-electron chi connectivity index (χ2n) is 6.91. The number of carbonyl (C=O) groups is 2. The molecule has 2 atom stereocenters. The SMILES string of the molecule is O=C(COc1ccc(C(F)(F)F)cc1)N[C@@H]1CC[C@@H](C(=O)NCCCOC(F)(F)F)OC1. The number of amides is 2. The van der Waals surface area contributed by atoms with Gasteiger partial charge in [-0.15, -0.1) is 13.2 Å². The molecule has 0 radical (unpaired) electrons. The van der Waals surface area contributed by atoms with Crippen molar-refractivity contribution < 1.29 is 50.1 Å². The fraction of sp³-hybridized carbons (Fsp3) is 0.579. The molecule has 1 aromatic carbocycles. The molecule has 7 nitrogen and oxygen atoms in total. The van der Waals surface area contributed by atoms with Crippen LogP contribution in [0, 0.1) is 0 Å². The highest BCUT2D eigenvalue weighted by Crippen LogP contribution is 2.30. The topological polar surface area (TPSA) is 85.9 Å². The summed E-state index contributed by atoms with van der Waals surface area (Å²) in [6, 6.07) is 3.52. The van der Waals surface area contributed by atoms with Crippen molar-refractivity contribution >= 4 is 11.8 Å². The van der Waals surface area contributed by atoms with Crippen LogP contribution in [0.3, 0.4) is 0 Å². The van der Waals surface area contributed by atoms with E-state index in [2.05, 4.69) is 15.4 Å². The third-order valence-corrected chi connectivity index (χ3v) is 4.37. The highest BCUT2D eigenvalue weighted by atomic mass is 19.4. The molecule has 1 saturated heterocycles. The van der Waals surface area contributed by atoms with Gasteiger partial charge >= 0.3 is 12.5 Å². The summed E-state index contributed by atoms with van der Waals surface area (Å²) >= 11 is 0. The summed E-state index contributed by atoms with van der Waals surface area (Å²) in [6.45, 7) is -0.943. The van der Waals surface area contributed by atoms with Crippen molar-refractivity contribution in [2.24, 2.45) is 0 Å². The Kier molecular flexibility index (Phi) is 9.13. The zero-order valence-corrected chi connectivity index (χ0v) is 16.7. The Hall–Kier alpha value is -2.54. The first-order valence-electron chi connectivity index (χ1n) is 9.63. The quantitative estimate of drug-likeness (QED) is 0.427. The largest absolute Gasteiger partial charge is 0.522 e. The van der Waals surface area contributed by atoms with Gasteiger partial charge in [-0.05, 0) is 43.5 Å². The molecule has 180 valence electrons. The van der Waals surface area contributed by atoms with Gasteiger partial charge in [-0.3, -0.25) is 14.3 Å². The summed E-state index contributed by atoms with van der Waals surface area (Å²) in [5.74, 6) is -0.871. The third kappa shape index (κ3) is 9.30. The first kappa shape index (κ1) is 25.7. The van der Waals surface area contributed by atoms with E-state index in [4.69, 9.17) is 9.47 Å². The number of benzene rings is 1. The van der Waals surface area contributed by atoms with Gasteiger partial charge in [-0.25, -0.2) is 0 Å². The molecule has 0 spiro atoms. The Balaban J connectivity index is 1.62. The van der Waals surface area contributed by atoms with Crippen molar-refractivity contribution in [2.75, 3.05) is 26.4 Å². The average molecular weight is 472 g/mol. The molecule has 1 fully saturated rings. The van der Waals surface area contributed by atoms with Gasteiger partial charge < -0.3 is 20.1 Å². The smallest absolute Gasteiger partial charge is 0.484 e. The van der Waals surface area contributed by atoms with E-state index in [0.717, 1.165) is 24.3 Å². The van der Waals surface area contributed by atoms with Crippen LogP contribution in [0.2, 0.25) is 0 Å². The lowest BCUT2D eigenvalue weighted by Gasteiger charge is -2.28. The maximum atomic E-state index is 12.5. The Bertz CT molecular complexity index is 746. The summed E-state index contributed by atoms with van der Waals surface area (Å²) in [5, 5.41) is 5.09. The molecule has 32 heavy (non-hydrogen) atoms. The molecule has 0 aliphatic carbocycles. The number of ether oxygens (including phenoxy) is 3. The van der Waals surface area contributed by atoms with Crippen LogP contribution in [0.25, 0.3) is 0 Å². The molecule has 1 aliphatic heterocycles. The van der Waals surface area contributed by atoms with E-state index in [0.29, 0.717) is 6.42 Å². The van der Waals surface area contributed by atoms with Gasteiger partial charge in [0.25, 0.3) is 5.91 Å². The Morgan fingerprint density at radius 1 is 1.06 bits per heavy atom. The van der Waals surface area contributed by atoms with Gasteiger partial charge in [-0.2, -0.15) is 13.2 Å². The lowest BCUT2D eigenvalue weighted by atomic mass is 10.0. The summed E-state index contributed by atoms with van der Waals surface area (Å²) in [5.41, 5.74) is -0.832. The number of rotatable bonds is 9. The lowest BCUT2D eigenvalue weighted by Crippen LogP contribution is -2.48. The molecule has 1 heterocycles. The van der Waals surface area contributed by atoms with E-state index in [9.17, 15) is 35.9 Å². The van der Waals surface area contributed by atoms with Crippen molar-refractivity contribution in [3.8, 4) is 5.75 Å². The monoisotopic (exact) mass is 472 g/mol. The van der Waals surface area contributed by atoms with Gasteiger partial charge in [-0.1, -0.05) is 0 Å². The highest BCUT2D eigenvalue weighted by molar-refractivity contribution is 5.81. The summed E-state index contributed by atoms with van der Waals surface area (Å²) in [4.78, 5) is 23.9. The predicted octanol–water partition coefficient (Wildman–Crippen LogP) is 2.79. The van der Waals surface area contributed by atoms with E-state index in [1.165, 1.54) is 0 Å². The van der Waals surface area contributed by atoms with Crippen LogP contribution < -0.4 is 15.4 Å². The van der Waals surface area contributed by atoms with Gasteiger partial charge in [0.15, 0.2) is 6.61 Å². The average Bonchev–Trinajstić information content (AvgIpc) is 2.71. The molecule has 13 heteroatoms. The van der Waals surface area contributed by atoms with Gasteiger partial charge in [0, 0.05) is 6.54 Å². The molecule has 1 aromatic rings. The molecule has 0 aromatic heterocycles. The molecular formula is C19H22F6N2O5. The normalized spacial score (nSPS) is 19.3. The number of hydrogen-bond acceptors (Lipinski definition) is 5. The summed E-state index contributed by atoms with van der Waals surface area (Å²) < 4.78 is 87.2. The Morgan fingerprint density at radius 2 is 1.75 bits per heavy atom. The molecule has 0 bridgehead atoms. The van der Waals surface area contributed by atoms with Crippen molar-refractivity contribution in [1.29, 1.82) is 0 Å². The van der Waals surface area contributed by atoms with Crippen LogP contribution in [0.5, 0.6) is 5.75 Å². The minimum atomic E-state index is -4.71. The molecule has 0 unspecified atom stereocenters. The van der Waals surface area contributed by atoms with E-state index in [-0.39, 0.29) is 37.8 Å². The molecule has 1 aliphatic rings. The summed E-state index contributed by atoms with van der Waals surface area (Å²) in [7, 11) is 0. The number of nitrogens with one attached hydrogen (secondary N) is 2. The first-order chi connectivity index (χ1) is 14.9. The van der Waals surface area contributed by atoms with E-state index in [1.54, 1.807) is 0 Å². The molecule has 2 rings (SSSR count). The number of hydrogen-bond donors (Lipinski definition) is 2. The van der Waals surface area contributed by atoms with Gasteiger partial charge in [0.2, 0.25) is 5.91 Å². The van der Waals surface area contributed by atoms with Crippen molar-refractivity contribution in [3.63, 3.8) is 0 Å². The zero-order chi connectivity index (χ0) is 23.8. The van der Waals surface area contributed by atoms with Crippen LogP contribution in [-0.4, -0.2) is 56.7 Å². The van der Waals surface area contributed by atoms with Crippen molar-refractivity contribution in [1.82, 2.24) is 10.6 Å². The minimum Gasteiger partial charge on any atom is -0.484 e. The first-order valence-corrected chi connectivity index (χ1v) is 9.63. The standard InChI is InChI=1S/C19H22F6N2O5/c20-18(21,22)12-2-5-14(6-3-12)30-11-16(28)27-13-4-7-15(31-10-13)17(29)26-8-1-9-32-19(23,24)25/h2-3,5-6,13,15H,1,4,7-11H2,(H,26,29)(H,27,28)/t13-,15+/m1/s1. The van der Waals surface area contributed by atoms with Crippen LogP contribution in [0.15, 0.2) is 24.3 Å². The predicted molar refractivity (Wildman–Crippen MR) is 97.5 cm³/mol. The molecule has 0 saturated carbocycles. The molecular weight excluding hydrogens is 450 g/mol. The lowest BCUT2D eigenvalue weighted by molar-refractivity contribution is -0.324. The third-order valence-electron chi connectivity index (χ3n) is 4.37. The van der Waals surface area contributed by atoms with Crippen molar-refractivity contribution in [3.05, 3.63) is 29.8 Å². The number of alkyl halides is 6. The molecule has 2 amide bonds. The highest BCUT2D eigenvalue weighted by Gasteiger charge is 2.31. The zero-order valence-electron chi connectivity index (χ0n) is 16.7.